The maximum atomic E-state index is 13.6. The maximum Gasteiger partial charge on any atom is 0.223 e. The van der Waals surface area contributed by atoms with Crippen molar-refractivity contribution in [1.29, 1.82) is 0 Å². The molecule has 6 heteroatoms. The first-order chi connectivity index (χ1) is 12.6. The summed E-state index contributed by atoms with van der Waals surface area (Å²) >= 11 is 0. The molecule has 0 radical (unpaired) electrons. The molecule has 0 saturated heterocycles. The molecule has 0 spiro atoms. The van der Waals surface area contributed by atoms with Crippen LogP contribution in [-0.2, 0) is 13.7 Å². The van der Waals surface area contributed by atoms with Crippen LogP contribution < -0.4 is 23.5 Å². The van der Waals surface area contributed by atoms with Gasteiger partial charge in [-0.15, -0.1) is 0 Å². The molecule has 1 aromatic heterocycles. The lowest BCUT2D eigenvalue weighted by molar-refractivity contribution is -0.634. The fourth-order valence-corrected chi connectivity index (χ4v) is 3.59. The van der Waals surface area contributed by atoms with Crippen molar-refractivity contribution < 1.29 is 27.9 Å². The van der Waals surface area contributed by atoms with E-state index < -0.39 is 0 Å². The number of pyridine rings is 1. The summed E-state index contributed by atoms with van der Waals surface area (Å²) in [5.74, 6) is 1.95. The van der Waals surface area contributed by atoms with Gasteiger partial charge in [0.1, 0.15) is 25.2 Å². The lowest BCUT2D eigenvalue weighted by atomic mass is 9.99. The number of aryl methyl sites for hydroxylation is 1. The van der Waals surface area contributed by atoms with E-state index in [9.17, 15) is 4.39 Å². The quantitative estimate of drug-likeness (QED) is 0.675. The van der Waals surface area contributed by atoms with Gasteiger partial charge < -0.3 is 18.9 Å². The number of aromatic nitrogens is 1. The molecule has 5 nitrogen and oxygen atoms in total. The Balaban J connectivity index is 2.09. The maximum absolute atomic E-state index is 13.6. The number of fused-ring (bicyclic) bond motifs is 4. The van der Waals surface area contributed by atoms with E-state index in [4.69, 9.17) is 18.9 Å². The van der Waals surface area contributed by atoms with Gasteiger partial charge in [0.05, 0.1) is 43.9 Å². The second-order valence-electron chi connectivity index (χ2n) is 6.08. The Morgan fingerprint density at radius 1 is 1.00 bits per heavy atom. The van der Waals surface area contributed by atoms with E-state index in [-0.39, 0.29) is 5.82 Å². The normalized spacial score (nSPS) is 12.2. The molecule has 2 heterocycles. The first-order valence-corrected chi connectivity index (χ1v) is 8.16. The number of nitrogens with zero attached hydrogens (tertiary/aromatic N) is 1. The minimum absolute atomic E-state index is 0.316. The van der Waals surface area contributed by atoms with Crippen molar-refractivity contribution >= 4 is 10.9 Å². The lowest BCUT2D eigenvalue weighted by Gasteiger charge is -2.20. The van der Waals surface area contributed by atoms with Crippen molar-refractivity contribution in [3.63, 3.8) is 0 Å². The molecule has 0 saturated carbocycles. The smallest absolute Gasteiger partial charge is 0.223 e. The third-order valence-corrected chi connectivity index (χ3v) is 4.75. The van der Waals surface area contributed by atoms with Gasteiger partial charge in [0.15, 0.2) is 11.5 Å². The van der Waals surface area contributed by atoms with Crippen LogP contribution in [0.2, 0.25) is 0 Å². The van der Waals surface area contributed by atoms with E-state index in [2.05, 4.69) is 4.57 Å². The molecule has 0 bridgehead atoms. The molecule has 4 rings (SSSR count). The van der Waals surface area contributed by atoms with E-state index in [0.717, 1.165) is 27.7 Å². The second-order valence-corrected chi connectivity index (χ2v) is 6.08. The summed E-state index contributed by atoms with van der Waals surface area (Å²) in [4.78, 5) is 0. The second kappa shape index (κ2) is 6.05. The summed E-state index contributed by atoms with van der Waals surface area (Å²) in [6.07, 6.45) is 0. The van der Waals surface area contributed by atoms with Crippen molar-refractivity contribution in [3.05, 3.63) is 41.7 Å². The highest BCUT2D eigenvalue weighted by Crippen LogP contribution is 2.45. The van der Waals surface area contributed by atoms with Crippen molar-refractivity contribution in [2.45, 2.75) is 6.61 Å². The van der Waals surface area contributed by atoms with Crippen molar-refractivity contribution in [3.8, 4) is 34.3 Å². The van der Waals surface area contributed by atoms with E-state index in [0.29, 0.717) is 29.6 Å². The third kappa shape index (κ3) is 2.25. The lowest BCUT2D eigenvalue weighted by Crippen LogP contribution is -2.35. The molecule has 0 atom stereocenters. The van der Waals surface area contributed by atoms with E-state index in [1.54, 1.807) is 27.4 Å². The Hall–Kier alpha value is -3.02. The highest BCUT2D eigenvalue weighted by atomic mass is 19.1. The monoisotopic (exact) mass is 356 g/mol. The number of benzene rings is 2. The number of ether oxygens (including phenoxy) is 4. The van der Waals surface area contributed by atoms with Gasteiger partial charge in [-0.3, -0.25) is 0 Å². The fraction of sp³-hybridized carbons (Fsp3) is 0.250. The summed E-state index contributed by atoms with van der Waals surface area (Å²) < 4.78 is 38.0. The molecule has 1 aliphatic heterocycles. The molecule has 0 unspecified atom stereocenters. The van der Waals surface area contributed by atoms with Gasteiger partial charge in [-0.05, 0) is 18.2 Å². The number of halogens is 1. The van der Waals surface area contributed by atoms with Crippen LogP contribution in [0.3, 0.4) is 0 Å². The summed E-state index contributed by atoms with van der Waals surface area (Å²) in [7, 11) is 6.74. The summed E-state index contributed by atoms with van der Waals surface area (Å²) in [5, 5.41) is 0.889. The standard InChI is InChI=1S/C20H19FNO4/c1-22-15-9-17(23-2)20(25-4)19(24-3)14(15)7-11-10-26-16-8-12(21)5-6-13(16)18(11)22/h5-9H,10H2,1-4H3/q+1. The average molecular weight is 356 g/mol. The van der Waals surface area contributed by atoms with Crippen molar-refractivity contribution in [2.24, 2.45) is 7.05 Å². The van der Waals surface area contributed by atoms with Crippen LogP contribution in [0.1, 0.15) is 5.56 Å². The van der Waals surface area contributed by atoms with Gasteiger partial charge in [0.2, 0.25) is 17.0 Å². The molecular weight excluding hydrogens is 337 g/mol. The molecule has 0 fully saturated rings. The predicted octanol–water partition coefficient (Wildman–Crippen LogP) is 3.39. The van der Waals surface area contributed by atoms with Crippen LogP contribution in [0.25, 0.3) is 22.2 Å². The summed E-state index contributed by atoms with van der Waals surface area (Å²) in [6.45, 7) is 0.354. The molecule has 26 heavy (non-hydrogen) atoms. The molecule has 3 aromatic rings. The van der Waals surface area contributed by atoms with E-state index in [1.165, 1.54) is 12.1 Å². The molecule has 0 N–H and O–H groups in total. The Kier molecular flexibility index (Phi) is 3.83. The van der Waals surface area contributed by atoms with Crippen LogP contribution in [-0.4, -0.2) is 21.3 Å². The third-order valence-electron chi connectivity index (χ3n) is 4.75. The Morgan fingerprint density at radius 2 is 1.77 bits per heavy atom. The van der Waals surface area contributed by atoms with E-state index in [1.807, 2.05) is 19.2 Å². The van der Waals surface area contributed by atoms with Crippen molar-refractivity contribution in [1.82, 2.24) is 0 Å². The van der Waals surface area contributed by atoms with Crippen LogP contribution in [0.5, 0.6) is 23.0 Å². The van der Waals surface area contributed by atoms with Crippen LogP contribution in [0.15, 0.2) is 30.3 Å². The summed E-state index contributed by atoms with van der Waals surface area (Å²) in [6, 6.07) is 8.54. The van der Waals surface area contributed by atoms with Crippen molar-refractivity contribution in [2.75, 3.05) is 21.3 Å². The first-order valence-electron chi connectivity index (χ1n) is 8.16. The van der Waals surface area contributed by atoms with Gasteiger partial charge >= 0.3 is 0 Å². The average Bonchev–Trinajstić information content (AvgIpc) is 2.66. The summed E-state index contributed by atoms with van der Waals surface area (Å²) in [5.41, 5.74) is 3.74. The van der Waals surface area contributed by atoms with Gasteiger partial charge in [0.25, 0.3) is 0 Å². The fourth-order valence-electron chi connectivity index (χ4n) is 3.59. The zero-order chi connectivity index (χ0) is 18.4. The number of rotatable bonds is 3. The Labute approximate surface area is 150 Å². The SMILES string of the molecule is COc1cc2c(cc3c([n+]2C)-c2ccc(F)cc2OC3)c(OC)c1OC. The largest absolute Gasteiger partial charge is 0.492 e. The number of hydrogen-bond donors (Lipinski definition) is 0. The Morgan fingerprint density at radius 3 is 2.46 bits per heavy atom. The number of methoxy groups -OCH3 is 3. The number of hydrogen-bond acceptors (Lipinski definition) is 4. The topological polar surface area (TPSA) is 40.8 Å². The minimum Gasteiger partial charge on any atom is -0.492 e. The van der Waals surface area contributed by atoms with Gasteiger partial charge in [-0.1, -0.05) is 0 Å². The predicted molar refractivity (Wildman–Crippen MR) is 94.5 cm³/mol. The van der Waals surface area contributed by atoms with Gasteiger partial charge in [0, 0.05) is 6.07 Å². The molecule has 0 aliphatic carbocycles. The Bertz CT molecular complexity index is 1030. The van der Waals surface area contributed by atoms with Gasteiger partial charge in [-0.2, -0.15) is 4.57 Å². The zero-order valence-electron chi connectivity index (χ0n) is 15.1. The first kappa shape index (κ1) is 16.4. The molecule has 1 aliphatic rings. The van der Waals surface area contributed by atoms with E-state index >= 15 is 0 Å². The van der Waals surface area contributed by atoms with Crippen LogP contribution in [0, 0.1) is 5.82 Å². The molecule has 134 valence electrons. The zero-order valence-corrected chi connectivity index (χ0v) is 15.1. The molecule has 2 aromatic carbocycles. The molecule has 0 amide bonds. The minimum atomic E-state index is -0.316. The van der Waals surface area contributed by atoms with Gasteiger partial charge in [-0.25, -0.2) is 4.39 Å². The van der Waals surface area contributed by atoms with Crippen LogP contribution >= 0.6 is 0 Å². The highest BCUT2D eigenvalue weighted by Gasteiger charge is 2.30. The van der Waals surface area contributed by atoms with Crippen LogP contribution in [0.4, 0.5) is 4.39 Å². The molecular formula is C20H19FNO4+. The highest BCUT2D eigenvalue weighted by molar-refractivity contribution is 5.90.